The van der Waals surface area contributed by atoms with Crippen molar-refractivity contribution in [1.82, 2.24) is 0 Å². The lowest BCUT2D eigenvalue weighted by Gasteiger charge is -2.12. The summed E-state index contributed by atoms with van der Waals surface area (Å²) >= 11 is 0. The quantitative estimate of drug-likeness (QED) is 0.574. The van der Waals surface area contributed by atoms with E-state index < -0.39 is 0 Å². The number of aromatic hydroxyl groups is 2. The number of benzene rings is 1. The molecule has 0 radical (unpaired) electrons. The summed E-state index contributed by atoms with van der Waals surface area (Å²) < 4.78 is 0. The Balaban J connectivity index is 2.74. The van der Waals surface area contributed by atoms with Crippen molar-refractivity contribution in [1.29, 1.82) is 0 Å². The molecule has 1 aromatic rings. The van der Waals surface area contributed by atoms with Crippen molar-refractivity contribution >= 4 is 0 Å². The van der Waals surface area contributed by atoms with E-state index in [9.17, 15) is 5.11 Å². The molecule has 4 nitrogen and oxygen atoms in total. The van der Waals surface area contributed by atoms with Crippen LogP contribution in [0.15, 0.2) is 18.2 Å². The van der Waals surface area contributed by atoms with Crippen LogP contribution in [0.1, 0.15) is 24.4 Å². The van der Waals surface area contributed by atoms with Gasteiger partial charge in [0, 0.05) is 17.7 Å². The fraction of sp³-hybridized carbons (Fsp3) is 0.400. The maximum atomic E-state index is 9.49. The summed E-state index contributed by atoms with van der Waals surface area (Å²) in [7, 11) is 0. The minimum absolute atomic E-state index is 0.0366. The van der Waals surface area contributed by atoms with E-state index in [1.807, 2.05) is 0 Å². The molecule has 0 amide bonds. The molecule has 0 aliphatic heterocycles. The van der Waals surface area contributed by atoms with Crippen LogP contribution in [0.4, 0.5) is 0 Å². The van der Waals surface area contributed by atoms with Gasteiger partial charge in [0.15, 0.2) is 0 Å². The summed E-state index contributed by atoms with van der Waals surface area (Å²) in [5.41, 5.74) is 11.8. The van der Waals surface area contributed by atoms with Crippen LogP contribution in [-0.4, -0.2) is 16.8 Å². The average Bonchev–Trinajstić information content (AvgIpc) is 2.14. The maximum Gasteiger partial charge on any atom is 0.124 e. The van der Waals surface area contributed by atoms with Crippen LogP contribution in [-0.2, 0) is 0 Å². The Morgan fingerprint density at radius 2 is 2.00 bits per heavy atom. The number of phenolic OH excluding ortho intramolecular Hbond substituents is 2. The van der Waals surface area contributed by atoms with Crippen LogP contribution in [0.25, 0.3) is 0 Å². The first-order valence-corrected chi connectivity index (χ1v) is 4.62. The highest BCUT2D eigenvalue weighted by atomic mass is 16.3. The van der Waals surface area contributed by atoms with Crippen LogP contribution < -0.4 is 11.5 Å². The molecule has 1 rings (SSSR count). The lowest BCUT2D eigenvalue weighted by molar-refractivity contribution is 0.439. The average molecular weight is 196 g/mol. The topological polar surface area (TPSA) is 92.5 Å². The van der Waals surface area contributed by atoms with Crippen molar-refractivity contribution in [2.24, 2.45) is 11.5 Å². The van der Waals surface area contributed by atoms with E-state index >= 15 is 0 Å². The van der Waals surface area contributed by atoms with Crippen LogP contribution in [0.5, 0.6) is 11.5 Å². The molecule has 0 unspecified atom stereocenters. The molecule has 0 saturated heterocycles. The van der Waals surface area contributed by atoms with E-state index in [1.54, 1.807) is 6.07 Å². The highest BCUT2D eigenvalue weighted by molar-refractivity contribution is 5.40. The number of phenols is 2. The van der Waals surface area contributed by atoms with Gasteiger partial charge < -0.3 is 21.7 Å². The molecule has 4 heteroatoms. The third-order valence-corrected chi connectivity index (χ3v) is 2.13. The summed E-state index contributed by atoms with van der Waals surface area (Å²) in [5, 5.41) is 18.6. The second kappa shape index (κ2) is 4.83. The molecule has 0 bridgehead atoms. The highest BCUT2D eigenvalue weighted by Crippen LogP contribution is 2.28. The minimum Gasteiger partial charge on any atom is -0.508 e. The molecule has 0 aliphatic rings. The lowest BCUT2D eigenvalue weighted by atomic mass is 10.0. The van der Waals surface area contributed by atoms with Gasteiger partial charge in [0.1, 0.15) is 11.5 Å². The zero-order valence-corrected chi connectivity index (χ0v) is 7.98. The molecule has 0 saturated carbocycles. The lowest BCUT2D eigenvalue weighted by Crippen LogP contribution is -2.12. The third kappa shape index (κ3) is 2.61. The zero-order valence-electron chi connectivity index (χ0n) is 7.98. The Kier molecular flexibility index (Phi) is 3.73. The number of nitrogens with two attached hydrogens (primary N) is 2. The SMILES string of the molecule is NCCC[C@H](N)c1ccc(O)cc1O. The predicted octanol–water partition coefficient (Wildman–Crippen LogP) is 0.837. The molecule has 0 heterocycles. The van der Waals surface area contributed by atoms with Crippen LogP contribution in [0, 0.1) is 0 Å². The standard InChI is InChI=1S/C10H16N2O2/c11-5-1-2-9(12)8-4-3-7(13)6-10(8)14/h3-4,6,9,13-14H,1-2,5,11-12H2/t9-/m0/s1. The maximum absolute atomic E-state index is 9.49. The molecule has 14 heavy (non-hydrogen) atoms. The van der Waals surface area contributed by atoms with Crippen LogP contribution >= 0.6 is 0 Å². The van der Waals surface area contributed by atoms with Gasteiger partial charge >= 0.3 is 0 Å². The fourth-order valence-corrected chi connectivity index (χ4v) is 1.34. The molecule has 1 atom stereocenters. The summed E-state index contributed by atoms with van der Waals surface area (Å²) in [6.45, 7) is 0.590. The van der Waals surface area contributed by atoms with Gasteiger partial charge in [-0.2, -0.15) is 0 Å². The van der Waals surface area contributed by atoms with Gasteiger partial charge in [0.2, 0.25) is 0 Å². The Hall–Kier alpha value is -1.26. The molecule has 0 spiro atoms. The van der Waals surface area contributed by atoms with Gasteiger partial charge in [-0.25, -0.2) is 0 Å². The summed E-state index contributed by atoms with van der Waals surface area (Å²) in [6, 6.07) is 4.21. The second-order valence-corrected chi connectivity index (χ2v) is 3.28. The van der Waals surface area contributed by atoms with Gasteiger partial charge in [-0.1, -0.05) is 6.07 Å². The Morgan fingerprint density at radius 3 is 2.57 bits per heavy atom. The van der Waals surface area contributed by atoms with Gasteiger partial charge in [0.25, 0.3) is 0 Å². The minimum atomic E-state index is -0.223. The van der Waals surface area contributed by atoms with Crippen molar-refractivity contribution in [2.75, 3.05) is 6.54 Å². The summed E-state index contributed by atoms with van der Waals surface area (Å²) in [6.07, 6.45) is 1.55. The van der Waals surface area contributed by atoms with E-state index in [0.717, 1.165) is 12.8 Å². The van der Waals surface area contributed by atoms with Crippen molar-refractivity contribution in [3.63, 3.8) is 0 Å². The molecule has 1 aromatic carbocycles. The highest BCUT2D eigenvalue weighted by Gasteiger charge is 2.10. The van der Waals surface area contributed by atoms with Crippen molar-refractivity contribution in [3.05, 3.63) is 23.8 Å². The van der Waals surface area contributed by atoms with Crippen molar-refractivity contribution in [2.45, 2.75) is 18.9 Å². The zero-order chi connectivity index (χ0) is 10.6. The second-order valence-electron chi connectivity index (χ2n) is 3.28. The first kappa shape index (κ1) is 10.8. The number of hydrogen-bond acceptors (Lipinski definition) is 4. The fourth-order valence-electron chi connectivity index (χ4n) is 1.34. The van der Waals surface area contributed by atoms with E-state index in [-0.39, 0.29) is 17.5 Å². The molecule has 0 aliphatic carbocycles. The number of hydrogen-bond donors (Lipinski definition) is 4. The normalized spacial score (nSPS) is 12.7. The Bertz CT molecular complexity index is 302. The van der Waals surface area contributed by atoms with E-state index in [2.05, 4.69) is 0 Å². The predicted molar refractivity (Wildman–Crippen MR) is 55.0 cm³/mol. The first-order valence-electron chi connectivity index (χ1n) is 4.62. The molecule has 0 aromatic heterocycles. The van der Waals surface area contributed by atoms with E-state index in [0.29, 0.717) is 12.1 Å². The van der Waals surface area contributed by atoms with E-state index in [4.69, 9.17) is 16.6 Å². The van der Waals surface area contributed by atoms with Crippen LogP contribution in [0.3, 0.4) is 0 Å². The molecule has 0 fully saturated rings. The molecular formula is C10H16N2O2. The first-order chi connectivity index (χ1) is 6.65. The molecule has 78 valence electrons. The van der Waals surface area contributed by atoms with Gasteiger partial charge in [-0.3, -0.25) is 0 Å². The Morgan fingerprint density at radius 1 is 1.29 bits per heavy atom. The smallest absolute Gasteiger partial charge is 0.124 e. The largest absolute Gasteiger partial charge is 0.508 e. The monoisotopic (exact) mass is 196 g/mol. The number of rotatable bonds is 4. The summed E-state index contributed by atoms with van der Waals surface area (Å²) in [4.78, 5) is 0. The third-order valence-electron chi connectivity index (χ3n) is 2.13. The molecular weight excluding hydrogens is 180 g/mol. The van der Waals surface area contributed by atoms with Crippen molar-refractivity contribution in [3.8, 4) is 11.5 Å². The summed E-state index contributed by atoms with van der Waals surface area (Å²) in [5.74, 6) is 0.0757. The van der Waals surface area contributed by atoms with Gasteiger partial charge in [-0.05, 0) is 25.5 Å². The molecule has 6 N–H and O–H groups in total. The van der Waals surface area contributed by atoms with Crippen LogP contribution in [0.2, 0.25) is 0 Å². The van der Waals surface area contributed by atoms with E-state index in [1.165, 1.54) is 12.1 Å². The van der Waals surface area contributed by atoms with Crippen molar-refractivity contribution < 1.29 is 10.2 Å². The Labute approximate surface area is 83.2 Å². The van der Waals surface area contributed by atoms with Gasteiger partial charge in [-0.15, -0.1) is 0 Å². The van der Waals surface area contributed by atoms with Gasteiger partial charge in [0.05, 0.1) is 0 Å².